The number of halogens is 1. The summed E-state index contributed by atoms with van der Waals surface area (Å²) in [7, 11) is -17.7. The van der Waals surface area contributed by atoms with Crippen molar-refractivity contribution in [3.63, 3.8) is 0 Å². The number of anilines is 6. The van der Waals surface area contributed by atoms with E-state index in [4.69, 9.17) is 0 Å². The maximum Gasteiger partial charge on any atom is 0.264 e. The molecular formula is C43H55ClN8O10S5. The molecule has 5 N–H and O–H groups in total. The molecule has 0 unspecified atom stereocenters. The van der Waals surface area contributed by atoms with Gasteiger partial charge in [0.1, 0.15) is 0 Å². The van der Waals surface area contributed by atoms with Crippen LogP contribution in [0.3, 0.4) is 0 Å². The van der Waals surface area contributed by atoms with E-state index in [-0.39, 0.29) is 54.7 Å². The van der Waals surface area contributed by atoms with Gasteiger partial charge in [0.05, 0.1) is 48.6 Å². The lowest BCUT2D eigenvalue weighted by Gasteiger charge is -2.26. The number of benzene rings is 5. The lowest BCUT2D eigenvalue weighted by atomic mass is 10.2. The van der Waals surface area contributed by atoms with Crippen LogP contribution in [0.25, 0.3) is 0 Å². The van der Waals surface area contributed by atoms with E-state index < -0.39 is 49.9 Å². The summed E-state index contributed by atoms with van der Waals surface area (Å²) in [5.41, 5.74) is 2.17. The number of nitrogens with one attached hydrogen (secondary N) is 5. The first-order valence-corrected chi connectivity index (χ1v) is 28.9. The van der Waals surface area contributed by atoms with Crippen LogP contribution < -0.4 is 38.9 Å². The Morgan fingerprint density at radius 1 is 0.478 bits per heavy atom. The van der Waals surface area contributed by atoms with E-state index in [9.17, 15) is 42.1 Å². The molecule has 5 aromatic carbocycles. The van der Waals surface area contributed by atoms with Crippen molar-refractivity contribution in [1.29, 1.82) is 0 Å². The SMILES string of the molecule is CN(c1ccc(N2CCCNCC2)cc1NS(C)(=O)=O)S(=O)(=O)c1ccccc1.CS(=O)(=O)c1ccc(S(=O)(=O)Nc2ccc(N3CCCNCC3)cc2NS(=O)(=O)c2ccccc2)cc1.Cl. The summed E-state index contributed by atoms with van der Waals surface area (Å²) in [6, 6.07) is 30.6. The highest BCUT2D eigenvalue weighted by Gasteiger charge is 2.26. The average Bonchev–Trinajstić information content (AvgIpc) is 3.74. The first kappa shape index (κ1) is 52.8. The third-order valence-electron chi connectivity index (χ3n) is 10.5. The van der Waals surface area contributed by atoms with Crippen molar-refractivity contribution in [2.45, 2.75) is 32.4 Å². The minimum Gasteiger partial charge on any atom is -0.370 e. The van der Waals surface area contributed by atoms with Gasteiger partial charge < -0.3 is 20.4 Å². The third kappa shape index (κ3) is 14.2. The molecule has 5 aromatic rings. The zero-order valence-electron chi connectivity index (χ0n) is 37.0. The minimum absolute atomic E-state index is 0. The first-order valence-electron chi connectivity index (χ1n) is 20.8. The molecule has 18 nitrogen and oxygen atoms in total. The molecule has 0 amide bonds. The molecule has 0 spiro atoms. The number of sulfone groups is 1. The van der Waals surface area contributed by atoms with Crippen LogP contribution >= 0.6 is 12.4 Å². The zero-order chi connectivity index (χ0) is 47.8. The normalized spacial score (nSPS) is 15.1. The van der Waals surface area contributed by atoms with Crippen LogP contribution in [-0.2, 0) is 49.9 Å². The number of hydrogen-bond donors (Lipinski definition) is 5. The molecule has 364 valence electrons. The van der Waals surface area contributed by atoms with Crippen LogP contribution in [0.1, 0.15) is 12.8 Å². The molecule has 2 heterocycles. The van der Waals surface area contributed by atoms with Gasteiger partial charge in [0.2, 0.25) is 10.0 Å². The Kier molecular flexibility index (Phi) is 17.6. The van der Waals surface area contributed by atoms with Gasteiger partial charge in [-0.15, -0.1) is 12.4 Å². The summed E-state index contributed by atoms with van der Waals surface area (Å²) in [5, 5.41) is 6.64. The lowest BCUT2D eigenvalue weighted by molar-refractivity contribution is 0.593. The van der Waals surface area contributed by atoms with Crippen molar-refractivity contribution in [3.05, 3.63) is 121 Å². The first-order chi connectivity index (χ1) is 31.1. The highest BCUT2D eigenvalue weighted by molar-refractivity contribution is 7.94. The zero-order valence-corrected chi connectivity index (χ0v) is 41.9. The van der Waals surface area contributed by atoms with E-state index in [1.807, 2.05) is 6.07 Å². The summed E-state index contributed by atoms with van der Waals surface area (Å²) in [6.45, 7) is 6.50. The van der Waals surface area contributed by atoms with Crippen molar-refractivity contribution in [2.24, 2.45) is 0 Å². The van der Waals surface area contributed by atoms with Crippen molar-refractivity contribution in [3.8, 4) is 0 Å². The molecule has 0 saturated carbocycles. The molecule has 2 aliphatic rings. The predicted molar refractivity (Wildman–Crippen MR) is 268 cm³/mol. The van der Waals surface area contributed by atoms with E-state index in [2.05, 4.69) is 34.6 Å². The van der Waals surface area contributed by atoms with Crippen LogP contribution in [0.15, 0.2) is 141 Å². The molecule has 2 aliphatic heterocycles. The molecule has 0 atom stereocenters. The van der Waals surface area contributed by atoms with Crippen molar-refractivity contribution in [1.82, 2.24) is 10.6 Å². The fourth-order valence-electron chi connectivity index (χ4n) is 7.14. The molecule has 24 heteroatoms. The van der Waals surface area contributed by atoms with Crippen LogP contribution in [-0.4, -0.2) is 114 Å². The van der Waals surface area contributed by atoms with E-state index in [1.165, 1.54) is 61.6 Å². The van der Waals surface area contributed by atoms with Gasteiger partial charge in [0.25, 0.3) is 30.1 Å². The molecule has 2 saturated heterocycles. The minimum atomic E-state index is -4.17. The molecule has 0 radical (unpaired) electrons. The van der Waals surface area contributed by atoms with E-state index >= 15 is 0 Å². The monoisotopic (exact) mass is 1040 g/mol. The number of sulfonamides is 4. The number of nitrogens with zero attached hydrogens (tertiary/aromatic N) is 3. The second-order valence-corrected chi connectivity index (χ2v) is 24.6. The second kappa shape index (κ2) is 22.3. The lowest BCUT2D eigenvalue weighted by Crippen LogP contribution is -2.29. The highest BCUT2D eigenvalue weighted by atomic mass is 35.5. The molecule has 7 rings (SSSR count). The maximum absolute atomic E-state index is 13.1. The Morgan fingerprint density at radius 3 is 1.43 bits per heavy atom. The summed E-state index contributed by atoms with van der Waals surface area (Å²) in [4.78, 5) is 4.24. The molecular weight excluding hydrogens is 984 g/mol. The van der Waals surface area contributed by atoms with Gasteiger partial charge in [-0.25, -0.2) is 42.1 Å². The highest BCUT2D eigenvalue weighted by Crippen LogP contribution is 2.35. The average molecular weight is 1040 g/mol. The summed E-state index contributed by atoms with van der Waals surface area (Å²) < 4.78 is 134. The van der Waals surface area contributed by atoms with Crippen LogP contribution in [0.2, 0.25) is 0 Å². The summed E-state index contributed by atoms with van der Waals surface area (Å²) in [5.74, 6) is 0. The van der Waals surface area contributed by atoms with Crippen LogP contribution in [0.4, 0.5) is 34.1 Å². The van der Waals surface area contributed by atoms with Crippen molar-refractivity contribution >= 4 is 96.5 Å². The van der Waals surface area contributed by atoms with Crippen LogP contribution in [0, 0.1) is 0 Å². The molecule has 0 aromatic heterocycles. The quantitative estimate of drug-likeness (QED) is 0.102. The van der Waals surface area contributed by atoms with Gasteiger partial charge in [0.15, 0.2) is 9.84 Å². The van der Waals surface area contributed by atoms with E-state index in [1.54, 1.807) is 60.7 Å². The smallest absolute Gasteiger partial charge is 0.264 e. The third-order valence-corrected chi connectivity index (χ3v) is 16.8. The fraction of sp³-hybridized carbons (Fsp3) is 0.302. The number of rotatable bonds is 14. The fourth-order valence-corrected chi connectivity index (χ4v) is 11.7. The van der Waals surface area contributed by atoms with E-state index in [0.29, 0.717) is 6.54 Å². The summed E-state index contributed by atoms with van der Waals surface area (Å²) >= 11 is 0. The Labute approximate surface area is 400 Å². The molecule has 2 fully saturated rings. The second-order valence-electron chi connectivity index (χ2n) is 15.5. The Morgan fingerprint density at radius 2 is 0.925 bits per heavy atom. The standard InChI is InChI=1S/C24H28N4O6S3.C19H26N4O4S2.ClH/c1-35(29,30)20-9-11-22(12-10-20)37(33,34)26-23-13-8-19(28-16-5-14-25-15-17-28)18-24(23)27-36(31,32)21-6-3-2-4-7-21;1-22(29(26,27)17-7-4-3-5-8-17)19-10-9-16(15-18(19)21-28(2,24)25)23-13-6-11-20-12-14-23;/h2-4,6-13,18,25-27H,5,14-17H2,1H3;3-5,7-10,15,20-21H,6,11-14H2,1-2H3;1H. The Hall–Kier alpha value is -5.14. The topological polar surface area (TPSA) is 241 Å². The van der Waals surface area contributed by atoms with Gasteiger partial charge in [-0.1, -0.05) is 36.4 Å². The molecule has 0 aliphatic carbocycles. The summed E-state index contributed by atoms with van der Waals surface area (Å²) in [6.07, 6.45) is 3.95. The van der Waals surface area contributed by atoms with E-state index in [0.717, 1.165) is 86.8 Å². The van der Waals surface area contributed by atoms with Crippen molar-refractivity contribution in [2.75, 3.05) is 100 Å². The van der Waals surface area contributed by atoms with Crippen LogP contribution in [0.5, 0.6) is 0 Å². The van der Waals surface area contributed by atoms with Gasteiger partial charge in [-0.3, -0.25) is 18.5 Å². The largest absolute Gasteiger partial charge is 0.370 e. The van der Waals surface area contributed by atoms with Gasteiger partial charge in [-0.05, 0) is 111 Å². The van der Waals surface area contributed by atoms with Gasteiger partial charge in [-0.2, -0.15) is 0 Å². The predicted octanol–water partition coefficient (Wildman–Crippen LogP) is 4.60. The van der Waals surface area contributed by atoms with Gasteiger partial charge >= 0.3 is 0 Å². The maximum atomic E-state index is 13.1. The Balaban J connectivity index is 0.000000254. The van der Waals surface area contributed by atoms with Crippen molar-refractivity contribution < 1.29 is 42.1 Å². The Bertz CT molecular complexity index is 3030. The molecule has 0 bridgehead atoms. The number of hydrogen-bond acceptors (Lipinski definition) is 14. The van der Waals surface area contributed by atoms with Gasteiger partial charge in [0, 0.05) is 63.9 Å². The molecule has 67 heavy (non-hydrogen) atoms.